The standard InChI is InChI=1S/C18H25.C13H9.C8H8.2ClH.Zr/c1-12-3-13(2)17(4-12)11-18-8-14-5-15(9-18)7-16(6-14)10-18;1-3-7-12-10(5-1)9-11-6-2-4-8-13(11)12;1-7-3-5-8(2)6-4-7;;;/h4,12,14-16H,5-11H2,1-2H3;1-5,7-8H,9H2;1,3-6H,2H3;2*1H;/q;;;;;+2/p-2. The number of rotatable bonds is 5. The van der Waals surface area contributed by atoms with Crippen LogP contribution in [0.5, 0.6) is 0 Å². The minimum absolute atomic E-state index is 0. The van der Waals surface area contributed by atoms with E-state index in [1.165, 1.54) is 53.5 Å². The van der Waals surface area contributed by atoms with Crippen molar-refractivity contribution in [1.29, 1.82) is 0 Å². The molecule has 0 N–H and O–H groups in total. The van der Waals surface area contributed by atoms with Crippen LogP contribution in [0.15, 0.2) is 87.2 Å². The van der Waals surface area contributed by atoms with E-state index in [-0.39, 0.29) is 24.8 Å². The number of benzene rings is 3. The summed E-state index contributed by atoms with van der Waals surface area (Å²) in [5, 5.41) is 0. The molecule has 42 heavy (non-hydrogen) atoms. The van der Waals surface area contributed by atoms with Crippen molar-refractivity contribution >= 4 is 6.98 Å². The van der Waals surface area contributed by atoms with Crippen molar-refractivity contribution in [1.82, 2.24) is 0 Å². The first kappa shape index (κ1) is 30.5. The summed E-state index contributed by atoms with van der Waals surface area (Å²) in [6.45, 7) is 7.25. The zero-order chi connectivity index (χ0) is 27.0. The van der Waals surface area contributed by atoms with Crippen molar-refractivity contribution in [3.8, 4) is 11.1 Å². The Kier molecular flexibility index (Phi) is 8.54. The molecule has 4 bridgehead atoms. The van der Waals surface area contributed by atoms with E-state index < -0.39 is 21.3 Å². The topological polar surface area (TPSA) is 0 Å². The summed E-state index contributed by atoms with van der Waals surface area (Å²) >= 11 is -2.40. The number of hydrogen-bond donors (Lipinski definition) is 0. The van der Waals surface area contributed by atoms with E-state index in [2.05, 4.69) is 97.3 Å². The van der Waals surface area contributed by atoms with E-state index in [9.17, 15) is 0 Å². The monoisotopic (exact) mass is 670 g/mol. The Bertz CT molecular complexity index is 1570. The molecule has 0 aromatic heterocycles. The molecule has 4 fully saturated rings. The minimum atomic E-state index is -2.40. The van der Waals surface area contributed by atoms with Crippen LogP contribution in [0.25, 0.3) is 11.1 Å². The molecule has 1 unspecified atom stereocenters. The van der Waals surface area contributed by atoms with Crippen molar-refractivity contribution in [3.05, 3.63) is 109 Å². The molecule has 0 aliphatic heterocycles. The Balaban J connectivity index is 0.00000158. The molecule has 216 valence electrons. The predicted molar refractivity (Wildman–Crippen MR) is 166 cm³/mol. The van der Waals surface area contributed by atoms with Crippen LogP contribution in [-0.4, -0.2) is 3.71 Å². The second kappa shape index (κ2) is 11.8. The Labute approximate surface area is 273 Å². The third-order valence-electron chi connectivity index (χ3n) is 11.3. The first-order valence-electron chi connectivity index (χ1n) is 15.9. The van der Waals surface area contributed by atoms with Crippen LogP contribution in [0, 0.1) is 36.0 Å². The third kappa shape index (κ3) is 5.25. The molecular formula is C39H42Cl2Zr. The SMILES string of the molecule is CC1=[C](/[Zr+2](=[CH]/c2ccc(C)cc2)[c]2cccc3c2Cc2ccccc2-3)C(C)C=C1CC12CC3CC(CC(C3)C1)C2.[Cl-].[Cl-]. The fraction of sp³-hybridized carbons (Fsp3) is 0.410. The quantitative estimate of drug-likeness (QED) is 0.306. The van der Waals surface area contributed by atoms with Gasteiger partial charge in [0.15, 0.2) is 0 Å². The zero-order valence-corrected chi connectivity index (χ0v) is 29.2. The Morgan fingerprint density at radius 2 is 1.43 bits per heavy atom. The van der Waals surface area contributed by atoms with Crippen LogP contribution in [0.1, 0.15) is 81.0 Å². The Hall–Kier alpha value is -1.53. The predicted octanol–water partition coefficient (Wildman–Crippen LogP) is 3.12. The molecule has 6 aliphatic rings. The largest absolute Gasteiger partial charge is 1.00 e. The summed E-state index contributed by atoms with van der Waals surface area (Å²) in [4.78, 5) is 0. The van der Waals surface area contributed by atoms with Crippen molar-refractivity contribution in [2.45, 2.75) is 72.1 Å². The number of allylic oxidation sites excluding steroid dienone is 4. The van der Waals surface area contributed by atoms with Gasteiger partial charge < -0.3 is 24.8 Å². The molecule has 0 saturated heterocycles. The number of halogens is 2. The second-order valence-corrected chi connectivity index (χ2v) is 19.6. The van der Waals surface area contributed by atoms with Crippen LogP contribution in [0.3, 0.4) is 0 Å². The molecule has 0 nitrogen and oxygen atoms in total. The summed E-state index contributed by atoms with van der Waals surface area (Å²) < 4.78 is 6.33. The number of fused-ring (bicyclic) bond motifs is 3. The smallest absolute Gasteiger partial charge is 1.00 e. The normalized spacial score (nSPS) is 28.2. The van der Waals surface area contributed by atoms with E-state index in [0.29, 0.717) is 11.3 Å². The number of aryl methyl sites for hydroxylation is 1. The summed E-state index contributed by atoms with van der Waals surface area (Å²) in [6, 6.07) is 25.7. The van der Waals surface area contributed by atoms with E-state index in [4.69, 9.17) is 0 Å². The van der Waals surface area contributed by atoms with Gasteiger partial charge in [-0.3, -0.25) is 0 Å². The van der Waals surface area contributed by atoms with E-state index in [1.807, 2.05) is 3.28 Å². The molecule has 0 amide bonds. The van der Waals surface area contributed by atoms with E-state index in [1.54, 1.807) is 39.2 Å². The van der Waals surface area contributed by atoms with E-state index >= 15 is 0 Å². The van der Waals surface area contributed by atoms with Gasteiger partial charge in [0.1, 0.15) is 0 Å². The molecular weight excluding hydrogens is 631 g/mol. The first-order valence-corrected chi connectivity index (χ1v) is 19.7. The van der Waals surface area contributed by atoms with Crippen molar-refractivity contribution < 1.29 is 46.1 Å². The average molecular weight is 673 g/mol. The maximum atomic E-state index is 2.77. The summed E-state index contributed by atoms with van der Waals surface area (Å²) in [5.41, 5.74) is 12.9. The summed E-state index contributed by atoms with van der Waals surface area (Å²) in [6.07, 6.45) is 14.3. The first-order chi connectivity index (χ1) is 19.4. The van der Waals surface area contributed by atoms with Gasteiger partial charge >= 0.3 is 250 Å². The zero-order valence-electron chi connectivity index (χ0n) is 25.2. The summed E-state index contributed by atoms with van der Waals surface area (Å²) in [5.74, 6) is 3.66. The molecule has 0 spiro atoms. The van der Waals surface area contributed by atoms with Gasteiger partial charge in [0.2, 0.25) is 0 Å². The fourth-order valence-electron chi connectivity index (χ4n) is 10.1. The Morgan fingerprint density at radius 3 is 2.12 bits per heavy atom. The molecule has 3 aromatic rings. The van der Waals surface area contributed by atoms with Crippen LogP contribution in [0.4, 0.5) is 0 Å². The Morgan fingerprint density at radius 1 is 0.786 bits per heavy atom. The van der Waals surface area contributed by atoms with Crippen molar-refractivity contribution in [2.75, 3.05) is 0 Å². The van der Waals surface area contributed by atoms with Crippen molar-refractivity contribution in [2.24, 2.45) is 29.1 Å². The molecule has 4 saturated carbocycles. The minimum Gasteiger partial charge on any atom is -1.00 e. The van der Waals surface area contributed by atoms with Crippen molar-refractivity contribution in [3.63, 3.8) is 0 Å². The van der Waals surface area contributed by atoms with Gasteiger partial charge in [-0.25, -0.2) is 0 Å². The second-order valence-electron chi connectivity index (χ2n) is 14.2. The van der Waals surface area contributed by atoms with E-state index in [0.717, 1.165) is 24.2 Å². The van der Waals surface area contributed by atoms with Gasteiger partial charge in [-0.15, -0.1) is 0 Å². The molecule has 1 atom stereocenters. The van der Waals surface area contributed by atoms with Crippen LogP contribution in [-0.2, 0) is 27.7 Å². The molecule has 3 heteroatoms. The van der Waals surface area contributed by atoms with Gasteiger partial charge in [-0.05, 0) is 0 Å². The summed E-state index contributed by atoms with van der Waals surface area (Å²) in [7, 11) is 0. The van der Waals surface area contributed by atoms with Gasteiger partial charge in [0.05, 0.1) is 0 Å². The molecule has 3 aromatic carbocycles. The maximum absolute atomic E-state index is 2.77. The van der Waals surface area contributed by atoms with Crippen LogP contribution < -0.4 is 28.1 Å². The fourth-order valence-corrected chi connectivity index (χ4v) is 17.7. The van der Waals surface area contributed by atoms with Gasteiger partial charge in [-0.2, -0.15) is 0 Å². The molecule has 0 heterocycles. The van der Waals surface area contributed by atoms with Gasteiger partial charge in [0.25, 0.3) is 0 Å². The number of hydrogen-bond acceptors (Lipinski definition) is 0. The van der Waals surface area contributed by atoms with Gasteiger partial charge in [-0.1, -0.05) is 0 Å². The molecule has 9 rings (SSSR count). The molecule has 6 aliphatic carbocycles. The third-order valence-corrected chi connectivity index (χ3v) is 18.9. The average Bonchev–Trinajstić information content (AvgIpc) is 3.44. The van der Waals surface area contributed by atoms with Crippen LogP contribution >= 0.6 is 0 Å². The van der Waals surface area contributed by atoms with Crippen LogP contribution in [0.2, 0.25) is 0 Å². The van der Waals surface area contributed by atoms with Gasteiger partial charge in [0, 0.05) is 0 Å². The maximum Gasteiger partial charge on any atom is -1.00 e. The molecule has 0 radical (unpaired) electrons.